The van der Waals surface area contributed by atoms with Crippen LogP contribution in [-0.4, -0.2) is 22.4 Å². The summed E-state index contributed by atoms with van der Waals surface area (Å²) in [5, 5.41) is 6.49. The highest BCUT2D eigenvalue weighted by Gasteiger charge is 2.11. The minimum Gasteiger partial charge on any atom is -0.354 e. The van der Waals surface area contributed by atoms with Gasteiger partial charge in [-0.2, -0.15) is 0 Å². The third-order valence-electron chi connectivity index (χ3n) is 3.12. The SMILES string of the molecule is CC(C)CCNc1ncc(C(=O)Nc2cccc(Cl)c2Cl)cn1. The third kappa shape index (κ3) is 5.08. The number of hydrogen-bond acceptors (Lipinski definition) is 4. The van der Waals surface area contributed by atoms with Gasteiger partial charge in [0.25, 0.3) is 5.91 Å². The highest BCUT2D eigenvalue weighted by atomic mass is 35.5. The summed E-state index contributed by atoms with van der Waals surface area (Å²) in [6.45, 7) is 5.09. The van der Waals surface area contributed by atoms with Crippen molar-refractivity contribution in [1.29, 1.82) is 0 Å². The molecule has 0 saturated carbocycles. The number of anilines is 2. The van der Waals surface area contributed by atoms with Crippen molar-refractivity contribution in [2.24, 2.45) is 5.92 Å². The predicted octanol–water partition coefficient (Wildman–Crippen LogP) is 4.49. The van der Waals surface area contributed by atoms with Gasteiger partial charge in [0.2, 0.25) is 5.95 Å². The largest absolute Gasteiger partial charge is 0.354 e. The molecular formula is C16H18Cl2N4O. The average molecular weight is 353 g/mol. The second-order valence-corrected chi connectivity index (χ2v) is 6.25. The summed E-state index contributed by atoms with van der Waals surface area (Å²) < 4.78 is 0. The Morgan fingerprint density at radius 1 is 1.22 bits per heavy atom. The molecule has 23 heavy (non-hydrogen) atoms. The molecule has 1 aromatic carbocycles. The Labute approximate surface area is 145 Å². The Bertz CT molecular complexity index is 674. The lowest BCUT2D eigenvalue weighted by molar-refractivity contribution is 0.102. The van der Waals surface area contributed by atoms with Crippen molar-refractivity contribution in [2.75, 3.05) is 17.2 Å². The molecule has 5 nitrogen and oxygen atoms in total. The van der Waals surface area contributed by atoms with Crippen LogP contribution >= 0.6 is 23.2 Å². The molecule has 0 saturated heterocycles. The van der Waals surface area contributed by atoms with Gasteiger partial charge in [0.05, 0.1) is 21.3 Å². The van der Waals surface area contributed by atoms with Gasteiger partial charge in [-0.05, 0) is 24.5 Å². The van der Waals surface area contributed by atoms with Crippen LogP contribution in [0.2, 0.25) is 10.0 Å². The second kappa shape index (κ2) is 8.13. The molecule has 0 atom stereocenters. The average Bonchev–Trinajstić information content (AvgIpc) is 2.52. The van der Waals surface area contributed by atoms with Gasteiger partial charge >= 0.3 is 0 Å². The standard InChI is InChI=1S/C16H18Cl2N4O/c1-10(2)6-7-19-16-20-8-11(9-21-16)15(23)22-13-5-3-4-12(17)14(13)18/h3-5,8-10H,6-7H2,1-2H3,(H,22,23)(H,19,20,21). The van der Waals surface area contributed by atoms with Gasteiger partial charge in [0, 0.05) is 18.9 Å². The Hall–Kier alpha value is -1.85. The molecule has 0 aliphatic carbocycles. The molecule has 2 aromatic rings. The van der Waals surface area contributed by atoms with Crippen LogP contribution < -0.4 is 10.6 Å². The summed E-state index contributed by atoms with van der Waals surface area (Å²) in [7, 11) is 0. The highest BCUT2D eigenvalue weighted by Crippen LogP contribution is 2.29. The van der Waals surface area contributed by atoms with Gasteiger partial charge in [-0.1, -0.05) is 43.1 Å². The number of nitrogens with one attached hydrogen (secondary N) is 2. The number of amides is 1. The normalized spacial score (nSPS) is 10.7. The number of rotatable bonds is 6. The molecule has 0 bridgehead atoms. The fourth-order valence-corrected chi connectivity index (χ4v) is 2.15. The third-order valence-corrected chi connectivity index (χ3v) is 3.94. The van der Waals surface area contributed by atoms with E-state index in [4.69, 9.17) is 23.2 Å². The van der Waals surface area contributed by atoms with Crippen LogP contribution in [0.4, 0.5) is 11.6 Å². The van der Waals surface area contributed by atoms with E-state index < -0.39 is 0 Å². The zero-order valence-electron chi connectivity index (χ0n) is 12.9. The number of aromatic nitrogens is 2. The van der Waals surface area contributed by atoms with Gasteiger partial charge < -0.3 is 10.6 Å². The number of hydrogen-bond donors (Lipinski definition) is 2. The summed E-state index contributed by atoms with van der Waals surface area (Å²) >= 11 is 12.0. The van der Waals surface area contributed by atoms with Crippen molar-refractivity contribution in [1.82, 2.24) is 9.97 Å². The van der Waals surface area contributed by atoms with E-state index in [1.54, 1.807) is 18.2 Å². The molecule has 2 N–H and O–H groups in total. The quantitative estimate of drug-likeness (QED) is 0.803. The highest BCUT2D eigenvalue weighted by molar-refractivity contribution is 6.44. The molecule has 0 fully saturated rings. The van der Waals surface area contributed by atoms with Gasteiger partial charge in [0.15, 0.2) is 0 Å². The predicted molar refractivity (Wildman–Crippen MR) is 94.4 cm³/mol. The molecule has 1 heterocycles. The van der Waals surface area contributed by atoms with Gasteiger partial charge in [-0.25, -0.2) is 9.97 Å². The molecule has 0 radical (unpaired) electrons. The maximum atomic E-state index is 12.2. The van der Waals surface area contributed by atoms with Crippen LogP contribution in [-0.2, 0) is 0 Å². The number of carbonyl (C=O) groups is 1. The second-order valence-electron chi connectivity index (χ2n) is 5.46. The fraction of sp³-hybridized carbons (Fsp3) is 0.312. The smallest absolute Gasteiger partial charge is 0.258 e. The van der Waals surface area contributed by atoms with Crippen LogP contribution in [0, 0.1) is 5.92 Å². The molecule has 7 heteroatoms. The summed E-state index contributed by atoms with van der Waals surface area (Å²) in [5.41, 5.74) is 0.791. The first-order valence-electron chi connectivity index (χ1n) is 7.28. The van der Waals surface area contributed by atoms with E-state index in [-0.39, 0.29) is 5.91 Å². The molecule has 0 unspecified atom stereocenters. The molecule has 0 spiro atoms. The van der Waals surface area contributed by atoms with E-state index in [0.717, 1.165) is 13.0 Å². The van der Waals surface area contributed by atoms with E-state index in [9.17, 15) is 4.79 Å². The lowest BCUT2D eigenvalue weighted by Gasteiger charge is -2.09. The maximum Gasteiger partial charge on any atom is 0.258 e. The van der Waals surface area contributed by atoms with Gasteiger partial charge in [-0.3, -0.25) is 4.79 Å². The lowest BCUT2D eigenvalue weighted by Crippen LogP contribution is -2.14. The molecule has 1 amide bonds. The first kappa shape index (κ1) is 17.5. The van der Waals surface area contributed by atoms with Crippen molar-refractivity contribution in [3.8, 4) is 0 Å². The number of benzene rings is 1. The first-order chi connectivity index (χ1) is 11.0. The van der Waals surface area contributed by atoms with Gasteiger partial charge in [-0.15, -0.1) is 0 Å². The van der Waals surface area contributed by atoms with Gasteiger partial charge in [0.1, 0.15) is 0 Å². The van der Waals surface area contributed by atoms with Crippen molar-refractivity contribution in [3.63, 3.8) is 0 Å². The monoisotopic (exact) mass is 352 g/mol. The zero-order valence-corrected chi connectivity index (χ0v) is 14.4. The Kier molecular flexibility index (Phi) is 6.19. The van der Waals surface area contributed by atoms with Crippen molar-refractivity contribution < 1.29 is 4.79 Å². The molecular weight excluding hydrogens is 335 g/mol. The lowest BCUT2D eigenvalue weighted by atomic mass is 10.1. The van der Waals surface area contributed by atoms with Crippen molar-refractivity contribution >= 4 is 40.7 Å². The minimum atomic E-state index is -0.345. The summed E-state index contributed by atoms with van der Waals surface area (Å²) in [4.78, 5) is 20.5. The number of nitrogens with zero attached hydrogens (tertiary/aromatic N) is 2. The van der Waals surface area contributed by atoms with E-state index in [1.807, 2.05) is 0 Å². The zero-order chi connectivity index (χ0) is 16.8. The van der Waals surface area contributed by atoms with Crippen molar-refractivity contribution in [3.05, 3.63) is 46.2 Å². The van der Waals surface area contributed by atoms with Crippen LogP contribution in [0.25, 0.3) is 0 Å². The first-order valence-corrected chi connectivity index (χ1v) is 8.04. The van der Waals surface area contributed by atoms with Crippen LogP contribution in [0.3, 0.4) is 0 Å². The van der Waals surface area contributed by atoms with Crippen LogP contribution in [0.1, 0.15) is 30.6 Å². The molecule has 2 rings (SSSR count). The van der Waals surface area contributed by atoms with E-state index in [1.165, 1.54) is 12.4 Å². The molecule has 1 aromatic heterocycles. The maximum absolute atomic E-state index is 12.2. The topological polar surface area (TPSA) is 66.9 Å². The van der Waals surface area contributed by atoms with E-state index >= 15 is 0 Å². The van der Waals surface area contributed by atoms with Crippen LogP contribution in [0.5, 0.6) is 0 Å². The van der Waals surface area contributed by atoms with Crippen LogP contribution in [0.15, 0.2) is 30.6 Å². The fourth-order valence-electron chi connectivity index (χ4n) is 1.80. The number of carbonyl (C=O) groups excluding carboxylic acids is 1. The molecule has 0 aliphatic rings. The minimum absolute atomic E-state index is 0.301. The molecule has 122 valence electrons. The summed E-state index contributed by atoms with van der Waals surface area (Å²) in [6, 6.07) is 5.04. The Balaban J connectivity index is 1.98. The van der Waals surface area contributed by atoms with E-state index in [2.05, 4.69) is 34.4 Å². The van der Waals surface area contributed by atoms with Crippen molar-refractivity contribution in [2.45, 2.75) is 20.3 Å². The summed E-state index contributed by atoms with van der Waals surface area (Å²) in [6.07, 6.45) is 3.97. The molecule has 0 aliphatic heterocycles. The number of halogens is 2. The van der Waals surface area contributed by atoms with E-state index in [0.29, 0.717) is 33.2 Å². The Morgan fingerprint density at radius 2 is 1.91 bits per heavy atom. The Morgan fingerprint density at radius 3 is 2.57 bits per heavy atom. The summed E-state index contributed by atoms with van der Waals surface area (Å²) in [5.74, 6) is 0.765.